The first-order valence-corrected chi connectivity index (χ1v) is 5.44. The molecule has 3 N–H and O–H groups in total. The average molecular weight is 199 g/mol. The Balaban J connectivity index is 2.30. The lowest BCUT2D eigenvalue weighted by Gasteiger charge is -2.30. The fourth-order valence-electron chi connectivity index (χ4n) is 2.19. The smallest absolute Gasteiger partial charge is 0.323 e. The molecule has 0 aromatic carbocycles. The Labute approximate surface area is 85.7 Å². The Morgan fingerprint density at radius 2 is 2.21 bits per heavy atom. The summed E-state index contributed by atoms with van der Waals surface area (Å²) < 4.78 is 0. The molecule has 0 amide bonds. The molecule has 3 heteroatoms. The van der Waals surface area contributed by atoms with Gasteiger partial charge in [0, 0.05) is 0 Å². The van der Waals surface area contributed by atoms with Crippen molar-refractivity contribution in [2.24, 2.45) is 17.6 Å². The molecule has 0 aliphatic heterocycles. The first kappa shape index (κ1) is 11.5. The zero-order valence-corrected chi connectivity index (χ0v) is 9.12. The normalized spacial score (nSPS) is 23.6. The van der Waals surface area contributed by atoms with E-state index in [9.17, 15) is 4.79 Å². The van der Waals surface area contributed by atoms with Crippen molar-refractivity contribution in [3.05, 3.63) is 0 Å². The van der Waals surface area contributed by atoms with E-state index in [4.69, 9.17) is 10.8 Å². The molecule has 14 heavy (non-hydrogen) atoms. The largest absolute Gasteiger partial charge is 0.480 e. The fourth-order valence-corrected chi connectivity index (χ4v) is 2.19. The van der Waals surface area contributed by atoms with E-state index in [2.05, 4.69) is 6.92 Å². The lowest BCUT2D eigenvalue weighted by atomic mass is 9.76. The molecule has 0 aromatic heterocycles. The predicted molar refractivity (Wildman–Crippen MR) is 56.0 cm³/mol. The van der Waals surface area contributed by atoms with Gasteiger partial charge in [0.15, 0.2) is 0 Å². The van der Waals surface area contributed by atoms with Crippen LogP contribution in [0.4, 0.5) is 0 Å². The molecule has 2 atom stereocenters. The van der Waals surface area contributed by atoms with Gasteiger partial charge in [-0.15, -0.1) is 0 Å². The summed E-state index contributed by atoms with van der Waals surface area (Å²) in [5.74, 6) is 0.360. The van der Waals surface area contributed by atoms with Gasteiger partial charge in [0.05, 0.1) is 0 Å². The third-order valence-corrected chi connectivity index (χ3v) is 3.22. The minimum atomic E-state index is -1.05. The van der Waals surface area contributed by atoms with Gasteiger partial charge in [-0.2, -0.15) is 0 Å². The highest BCUT2D eigenvalue weighted by Gasteiger charge is 2.31. The summed E-state index contributed by atoms with van der Waals surface area (Å²) in [6, 6.07) is 0. The monoisotopic (exact) mass is 199 g/mol. The highest BCUT2D eigenvalue weighted by molar-refractivity contribution is 5.77. The molecule has 0 heterocycles. The van der Waals surface area contributed by atoms with E-state index in [1.807, 2.05) is 0 Å². The van der Waals surface area contributed by atoms with E-state index >= 15 is 0 Å². The molecule has 0 aromatic rings. The number of rotatable bonds is 5. The van der Waals surface area contributed by atoms with Gasteiger partial charge in [-0.05, 0) is 31.6 Å². The fraction of sp³-hybridized carbons (Fsp3) is 0.909. The first-order chi connectivity index (χ1) is 6.42. The lowest BCUT2D eigenvalue weighted by Crippen LogP contribution is -2.46. The number of aliphatic carboxylic acids is 1. The molecule has 82 valence electrons. The molecule has 1 saturated carbocycles. The molecular formula is C11H21NO2. The summed E-state index contributed by atoms with van der Waals surface area (Å²) in [6.45, 7) is 3.71. The molecule has 3 nitrogen and oxygen atoms in total. The molecule has 0 unspecified atom stereocenters. The van der Waals surface area contributed by atoms with Gasteiger partial charge < -0.3 is 10.8 Å². The van der Waals surface area contributed by atoms with Gasteiger partial charge in [-0.25, -0.2) is 0 Å². The van der Waals surface area contributed by atoms with Crippen molar-refractivity contribution < 1.29 is 9.90 Å². The van der Waals surface area contributed by atoms with Crippen LogP contribution in [0.2, 0.25) is 0 Å². The second-order valence-corrected chi connectivity index (χ2v) is 5.06. The Hall–Kier alpha value is -0.570. The van der Waals surface area contributed by atoms with E-state index in [-0.39, 0.29) is 0 Å². The molecular weight excluding hydrogens is 178 g/mol. The molecule has 1 rings (SSSR count). The molecule has 0 bridgehead atoms. The van der Waals surface area contributed by atoms with E-state index in [1.54, 1.807) is 6.92 Å². The highest BCUT2D eigenvalue weighted by Crippen LogP contribution is 2.34. The minimum absolute atomic E-state index is 0.423. The summed E-state index contributed by atoms with van der Waals surface area (Å²) in [4.78, 5) is 10.8. The van der Waals surface area contributed by atoms with Crippen molar-refractivity contribution in [1.82, 2.24) is 0 Å². The maximum absolute atomic E-state index is 10.8. The van der Waals surface area contributed by atoms with Crippen molar-refractivity contribution in [1.29, 1.82) is 0 Å². The lowest BCUT2D eigenvalue weighted by molar-refractivity contribution is -0.143. The molecule has 1 aliphatic carbocycles. The van der Waals surface area contributed by atoms with Crippen LogP contribution in [0.1, 0.15) is 46.0 Å². The third-order valence-electron chi connectivity index (χ3n) is 3.22. The number of carboxylic acid groups (broad SMARTS) is 1. The highest BCUT2D eigenvalue weighted by atomic mass is 16.4. The molecule has 0 radical (unpaired) electrons. The van der Waals surface area contributed by atoms with Gasteiger partial charge in [0.2, 0.25) is 0 Å². The Bertz CT molecular complexity index is 209. The molecule has 1 aliphatic rings. The third kappa shape index (κ3) is 2.98. The van der Waals surface area contributed by atoms with Crippen LogP contribution in [-0.4, -0.2) is 16.6 Å². The summed E-state index contributed by atoms with van der Waals surface area (Å²) in [5.41, 5.74) is 4.64. The van der Waals surface area contributed by atoms with E-state index in [0.717, 1.165) is 12.3 Å². The van der Waals surface area contributed by atoms with E-state index < -0.39 is 11.5 Å². The summed E-state index contributed by atoms with van der Waals surface area (Å²) in [6.07, 6.45) is 5.70. The predicted octanol–water partition coefficient (Wildman–Crippen LogP) is 2.00. The number of carbonyl (C=O) groups is 1. The minimum Gasteiger partial charge on any atom is -0.480 e. The quantitative estimate of drug-likeness (QED) is 0.712. The number of hydrogen-bond donors (Lipinski definition) is 2. The zero-order valence-electron chi connectivity index (χ0n) is 9.12. The maximum atomic E-state index is 10.8. The zero-order chi connectivity index (χ0) is 10.8. The van der Waals surface area contributed by atoms with Crippen LogP contribution in [0.5, 0.6) is 0 Å². The van der Waals surface area contributed by atoms with E-state index in [1.165, 1.54) is 19.3 Å². The van der Waals surface area contributed by atoms with Crippen molar-refractivity contribution in [3.8, 4) is 0 Å². The Kier molecular flexibility index (Phi) is 3.53. The van der Waals surface area contributed by atoms with Crippen LogP contribution in [0, 0.1) is 11.8 Å². The summed E-state index contributed by atoms with van der Waals surface area (Å²) in [7, 11) is 0. The van der Waals surface area contributed by atoms with Crippen molar-refractivity contribution in [2.75, 3.05) is 0 Å². The summed E-state index contributed by atoms with van der Waals surface area (Å²) >= 11 is 0. The van der Waals surface area contributed by atoms with Crippen LogP contribution in [-0.2, 0) is 4.79 Å². The second kappa shape index (κ2) is 4.30. The van der Waals surface area contributed by atoms with Gasteiger partial charge in [0.1, 0.15) is 5.54 Å². The Morgan fingerprint density at radius 1 is 1.64 bits per heavy atom. The van der Waals surface area contributed by atoms with Gasteiger partial charge in [0.25, 0.3) is 0 Å². The van der Waals surface area contributed by atoms with Crippen molar-refractivity contribution >= 4 is 5.97 Å². The van der Waals surface area contributed by atoms with Crippen LogP contribution < -0.4 is 5.73 Å². The SMILES string of the molecule is C[C@H](CC1CCC1)C[C@@](C)(N)C(=O)O. The van der Waals surface area contributed by atoms with Crippen LogP contribution >= 0.6 is 0 Å². The van der Waals surface area contributed by atoms with Crippen LogP contribution in [0.15, 0.2) is 0 Å². The number of hydrogen-bond acceptors (Lipinski definition) is 2. The number of carboxylic acids is 1. The van der Waals surface area contributed by atoms with Crippen LogP contribution in [0.25, 0.3) is 0 Å². The molecule has 0 saturated heterocycles. The topological polar surface area (TPSA) is 63.3 Å². The maximum Gasteiger partial charge on any atom is 0.323 e. The molecule has 0 spiro atoms. The van der Waals surface area contributed by atoms with Gasteiger partial charge in [-0.3, -0.25) is 4.79 Å². The van der Waals surface area contributed by atoms with Gasteiger partial charge in [-0.1, -0.05) is 26.2 Å². The van der Waals surface area contributed by atoms with Crippen LogP contribution in [0.3, 0.4) is 0 Å². The molecule has 1 fully saturated rings. The van der Waals surface area contributed by atoms with E-state index in [0.29, 0.717) is 12.3 Å². The Morgan fingerprint density at radius 3 is 2.57 bits per heavy atom. The average Bonchev–Trinajstić information content (AvgIpc) is 1.96. The standard InChI is InChI=1S/C11H21NO2/c1-8(6-9-4-3-5-9)7-11(2,12)10(13)14/h8-9H,3-7,12H2,1-2H3,(H,13,14)/t8-,11-/m1/s1. The van der Waals surface area contributed by atoms with Gasteiger partial charge >= 0.3 is 5.97 Å². The first-order valence-electron chi connectivity index (χ1n) is 5.44. The summed E-state index contributed by atoms with van der Waals surface area (Å²) in [5, 5.41) is 8.87. The number of nitrogens with two attached hydrogens (primary N) is 1. The second-order valence-electron chi connectivity index (χ2n) is 5.06. The van der Waals surface area contributed by atoms with Crippen molar-refractivity contribution in [3.63, 3.8) is 0 Å². The van der Waals surface area contributed by atoms with Crippen molar-refractivity contribution in [2.45, 2.75) is 51.5 Å².